The second kappa shape index (κ2) is 7.00. The predicted molar refractivity (Wildman–Crippen MR) is 75.5 cm³/mol. The highest BCUT2D eigenvalue weighted by atomic mass is 16.6. The molecule has 2 atom stereocenters. The molecule has 0 saturated heterocycles. The maximum atomic E-state index is 11.2. The molecule has 1 aromatic rings. The second-order valence-electron chi connectivity index (χ2n) is 5.22. The van der Waals surface area contributed by atoms with Crippen LogP contribution in [0.15, 0.2) is 24.3 Å². The number of nitrogens with zero attached hydrogens (tertiary/aromatic N) is 1. The number of para-hydroxylation sites is 1. The summed E-state index contributed by atoms with van der Waals surface area (Å²) in [7, 11) is 0. The maximum absolute atomic E-state index is 11.2. The third-order valence-corrected chi connectivity index (χ3v) is 3.06. The summed E-state index contributed by atoms with van der Waals surface area (Å²) < 4.78 is 0. The van der Waals surface area contributed by atoms with Gasteiger partial charge < -0.3 is 5.11 Å². The highest BCUT2D eigenvalue weighted by Crippen LogP contribution is 2.25. The van der Waals surface area contributed by atoms with Crippen LogP contribution in [0.25, 0.3) is 0 Å². The SMILES string of the molecule is CC(C)CC(NC(C)c1ccccc1[N+](=O)[O-])C(=O)O. The fourth-order valence-corrected chi connectivity index (χ4v) is 2.12. The number of aliphatic carboxylic acids is 1. The van der Waals surface area contributed by atoms with E-state index in [2.05, 4.69) is 5.32 Å². The molecule has 20 heavy (non-hydrogen) atoms. The smallest absolute Gasteiger partial charge is 0.320 e. The number of hydrogen-bond donors (Lipinski definition) is 2. The Morgan fingerprint density at radius 2 is 1.95 bits per heavy atom. The first kappa shape index (κ1) is 16.1. The van der Waals surface area contributed by atoms with Crippen molar-refractivity contribution in [2.24, 2.45) is 5.92 Å². The molecule has 0 fully saturated rings. The van der Waals surface area contributed by atoms with Crippen molar-refractivity contribution >= 4 is 11.7 Å². The van der Waals surface area contributed by atoms with E-state index in [9.17, 15) is 20.0 Å². The van der Waals surface area contributed by atoms with E-state index in [0.29, 0.717) is 12.0 Å². The van der Waals surface area contributed by atoms with Crippen molar-refractivity contribution in [1.29, 1.82) is 0 Å². The van der Waals surface area contributed by atoms with E-state index in [1.165, 1.54) is 6.07 Å². The highest BCUT2D eigenvalue weighted by molar-refractivity contribution is 5.73. The monoisotopic (exact) mass is 280 g/mol. The lowest BCUT2D eigenvalue weighted by molar-refractivity contribution is -0.385. The summed E-state index contributed by atoms with van der Waals surface area (Å²) in [4.78, 5) is 21.8. The number of nitrogens with one attached hydrogen (secondary N) is 1. The maximum Gasteiger partial charge on any atom is 0.320 e. The number of carboxylic acids is 1. The number of carboxylic acid groups (broad SMARTS) is 1. The fourth-order valence-electron chi connectivity index (χ4n) is 2.12. The Bertz CT molecular complexity index is 488. The normalized spacial score (nSPS) is 14.0. The van der Waals surface area contributed by atoms with Crippen LogP contribution in [0.4, 0.5) is 5.69 Å². The molecule has 2 unspecified atom stereocenters. The summed E-state index contributed by atoms with van der Waals surface area (Å²) in [5.41, 5.74) is 0.494. The molecule has 0 bridgehead atoms. The lowest BCUT2D eigenvalue weighted by Gasteiger charge is -2.21. The average Bonchev–Trinajstić information content (AvgIpc) is 2.37. The van der Waals surface area contributed by atoms with Gasteiger partial charge in [-0.25, -0.2) is 0 Å². The van der Waals surface area contributed by atoms with Crippen LogP contribution in [0.5, 0.6) is 0 Å². The first-order chi connectivity index (χ1) is 9.32. The van der Waals surface area contributed by atoms with E-state index in [0.717, 1.165) is 0 Å². The molecule has 0 heterocycles. The van der Waals surface area contributed by atoms with Gasteiger partial charge in [-0.3, -0.25) is 20.2 Å². The Kier molecular flexibility index (Phi) is 5.64. The number of nitro benzene ring substituents is 1. The van der Waals surface area contributed by atoms with Gasteiger partial charge in [0.2, 0.25) is 0 Å². The molecule has 0 radical (unpaired) electrons. The quantitative estimate of drug-likeness (QED) is 0.591. The third kappa shape index (κ3) is 4.31. The number of nitro groups is 1. The molecule has 0 amide bonds. The zero-order valence-corrected chi connectivity index (χ0v) is 11.9. The summed E-state index contributed by atoms with van der Waals surface area (Å²) >= 11 is 0. The molecule has 0 aliphatic heterocycles. The molecule has 0 spiro atoms. The van der Waals surface area contributed by atoms with Gasteiger partial charge in [0.25, 0.3) is 5.69 Å². The zero-order valence-electron chi connectivity index (χ0n) is 11.9. The third-order valence-electron chi connectivity index (χ3n) is 3.06. The lowest BCUT2D eigenvalue weighted by Crippen LogP contribution is -2.39. The van der Waals surface area contributed by atoms with Gasteiger partial charge in [0.1, 0.15) is 6.04 Å². The number of hydrogen-bond acceptors (Lipinski definition) is 4. The summed E-state index contributed by atoms with van der Waals surface area (Å²) in [6.45, 7) is 5.61. The summed E-state index contributed by atoms with van der Waals surface area (Å²) in [5.74, 6) is -0.717. The van der Waals surface area contributed by atoms with E-state index < -0.39 is 23.0 Å². The van der Waals surface area contributed by atoms with Crippen molar-refractivity contribution in [2.75, 3.05) is 0 Å². The lowest BCUT2D eigenvalue weighted by atomic mass is 10.0. The summed E-state index contributed by atoms with van der Waals surface area (Å²) in [5, 5.41) is 23.1. The Hall–Kier alpha value is -1.95. The topological polar surface area (TPSA) is 92.5 Å². The van der Waals surface area contributed by atoms with Crippen LogP contribution in [0.2, 0.25) is 0 Å². The number of carbonyl (C=O) groups is 1. The molecule has 1 aromatic carbocycles. The van der Waals surface area contributed by atoms with Gasteiger partial charge in [-0.1, -0.05) is 32.0 Å². The van der Waals surface area contributed by atoms with Crippen LogP contribution in [0, 0.1) is 16.0 Å². The minimum Gasteiger partial charge on any atom is -0.480 e. The average molecular weight is 280 g/mol. The zero-order chi connectivity index (χ0) is 15.3. The molecule has 2 N–H and O–H groups in total. The molecule has 6 nitrogen and oxygen atoms in total. The molecule has 1 rings (SSSR count). The summed E-state index contributed by atoms with van der Waals surface area (Å²) in [6, 6.07) is 5.24. The van der Waals surface area contributed by atoms with Gasteiger partial charge >= 0.3 is 5.97 Å². The van der Waals surface area contributed by atoms with Crippen molar-refractivity contribution in [3.63, 3.8) is 0 Å². The van der Waals surface area contributed by atoms with Crippen LogP contribution in [-0.2, 0) is 4.79 Å². The Morgan fingerprint density at radius 3 is 2.45 bits per heavy atom. The molecular weight excluding hydrogens is 260 g/mol. The van der Waals surface area contributed by atoms with Crippen molar-refractivity contribution < 1.29 is 14.8 Å². The van der Waals surface area contributed by atoms with Crippen LogP contribution in [-0.4, -0.2) is 22.0 Å². The van der Waals surface area contributed by atoms with Gasteiger partial charge in [0.05, 0.1) is 4.92 Å². The van der Waals surface area contributed by atoms with Crippen molar-refractivity contribution in [1.82, 2.24) is 5.32 Å². The Balaban J connectivity index is 2.91. The standard InChI is InChI=1S/C14H20N2O4/c1-9(2)8-12(14(17)18)15-10(3)11-6-4-5-7-13(11)16(19)20/h4-7,9-10,12,15H,8H2,1-3H3,(H,17,18). The van der Waals surface area contributed by atoms with Gasteiger partial charge in [-0.2, -0.15) is 0 Å². The van der Waals surface area contributed by atoms with Crippen LogP contribution >= 0.6 is 0 Å². The van der Waals surface area contributed by atoms with Gasteiger partial charge in [-0.15, -0.1) is 0 Å². The summed E-state index contributed by atoms with van der Waals surface area (Å²) in [6.07, 6.45) is 0.473. The molecule has 0 aliphatic carbocycles. The minimum absolute atomic E-state index is 0.00110. The van der Waals surface area contributed by atoms with Gasteiger partial charge in [-0.05, 0) is 19.3 Å². The van der Waals surface area contributed by atoms with E-state index in [-0.39, 0.29) is 11.6 Å². The van der Waals surface area contributed by atoms with Gasteiger partial charge in [0, 0.05) is 17.7 Å². The van der Waals surface area contributed by atoms with E-state index in [4.69, 9.17) is 0 Å². The largest absolute Gasteiger partial charge is 0.480 e. The van der Waals surface area contributed by atoms with Gasteiger partial charge in [0.15, 0.2) is 0 Å². The molecule has 0 aliphatic rings. The fraction of sp³-hybridized carbons (Fsp3) is 0.500. The first-order valence-corrected chi connectivity index (χ1v) is 6.55. The van der Waals surface area contributed by atoms with E-state index in [1.54, 1.807) is 25.1 Å². The molecule has 110 valence electrons. The van der Waals surface area contributed by atoms with E-state index >= 15 is 0 Å². The Morgan fingerprint density at radius 1 is 1.35 bits per heavy atom. The number of benzene rings is 1. The second-order valence-corrected chi connectivity index (χ2v) is 5.22. The van der Waals surface area contributed by atoms with Crippen molar-refractivity contribution in [3.8, 4) is 0 Å². The molecule has 0 saturated carbocycles. The first-order valence-electron chi connectivity index (χ1n) is 6.55. The van der Waals surface area contributed by atoms with Crippen LogP contribution in [0.1, 0.15) is 38.8 Å². The van der Waals surface area contributed by atoms with Crippen LogP contribution in [0.3, 0.4) is 0 Å². The number of rotatable bonds is 7. The van der Waals surface area contributed by atoms with Crippen LogP contribution < -0.4 is 5.32 Å². The van der Waals surface area contributed by atoms with E-state index in [1.807, 2.05) is 13.8 Å². The molecule has 0 aromatic heterocycles. The van der Waals surface area contributed by atoms with Crippen molar-refractivity contribution in [2.45, 2.75) is 39.3 Å². The molecular formula is C14H20N2O4. The van der Waals surface area contributed by atoms with Crippen molar-refractivity contribution in [3.05, 3.63) is 39.9 Å². The molecule has 6 heteroatoms. The Labute approximate surface area is 118 Å². The predicted octanol–water partition coefficient (Wildman–Crippen LogP) is 2.74. The highest BCUT2D eigenvalue weighted by Gasteiger charge is 2.24. The minimum atomic E-state index is -0.941.